The number of aromatic nitrogens is 4. The molecule has 0 aliphatic heterocycles. The summed E-state index contributed by atoms with van der Waals surface area (Å²) < 4.78 is 8.34. The van der Waals surface area contributed by atoms with E-state index >= 15 is 0 Å². The molecule has 2 heterocycles. The molecule has 0 spiro atoms. The third-order valence-corrected chi connectivity index (χ3v) is 7.69. The van der Waals surface area contributed by atoms with Gasteiger partial charge in [0.2, 0.25) is 5.88 Å². The first kappa shape index (κ1) is 18.0. The number of rotatable bonds is 4. The number of hydrogen-bond acceptors (Lipinski definition) is 4. The molecule has 4 saturated carbocycles. The summed E-state index contributed by atoms with van der Waals surface area (Å²) in [6, 6.07) is 5.39. The van der Waals surface area contributed by atoms with E-state index in [0.29, 0.717) is 32.8 Å². The molecule has 5 nitrogen and oxygen atoms in total. The molecule has 0 unspecified atom stereocenters. The first-order chi connectivity index (χ1) is 14.1. The molecule has 7 heteroatoms. The maximum Gasteiger partial charge on any atom is 0.220 e. The third kappa shape index (κ3) is 3.01. The summed E-state index contributed by atoms with van der Waals surface area (Å²) in [6.07, 6.45) is 11.7. The van der Waals surface area contributed by atoms with Crippen molar-refractivity contribution in [2.24, 2.45) is 23.2 Å². The van der Waals surface area contributed by atoms with E-state index < -0.39 is 0 Å². The van der Waals surface area contributed by atoms with Gasteiger partial charge in [0.05, 0.1) is 24.0 Å². The summed E-state index contributed by atoms with van der Waals surface area (Å²) in [6.45, 7) is 0.739. The summed E-state index contributed by atoms with van der Waals surface area (Å²) in [4.78, 5) is 4.32. The lowest BCUT2D eigenvalue weighted by molar-refractivity contribution is -0.0753. The fourth-order valence-electron chi connectivity index (χ4n) is 6.46. The molecule has 4 aliphatic rings. The number of fused-ring (bicyclic) bond motifs is 1. The Balaban J connectivity index is 1.34. The fraction of sp³-hybridized carbons (Fsp3) is 0.500. The highest BCUT2D eigenvalue weighted by Gasteiger charge is 2.51. The van der Waals surface area contributed by atoms with Gasteiger partial charge in [-0.05, 0) is 74.5 Å². The van der Waals surface area contributed by atoms with E-state index in [9.17, 15) is 0 Å². The van der Waals surface area contributed by atoms with Crippen LogP contribution in [0, 0.1) is 23.2 Å². The molecule has 3 aromatic rings. The number of ether oxygens (including phenoxy) is 1. The maximum absolute atomic E-state index is 6.44. The van der Waals surface area contributed by atoms with Crippen molar-refractivity contribution in [2.45, 2.75) is 38.5 Å². The van der Waals surface area contributed by atoms with Crippen LogP contribution in [0.1, 0.15) is 38.5 Å². The van der Waals surface area contributed by atoms with Crippen LogP contribution in [0.4, 0.5) is 0 Å². The molecular weight excluding hydrogens is 407 g/mol. The van der Waals surface area contributed by atoms with Crippen LogP contribution in [0.25, 0.3) is 17.0 Å². The van der Waals surface area contributed by atoms with Gasteiger partial charge in [-0.3, -0.25) is 4.98 Å². The standard InChI is InChI=1S/C22H22Cl2N4O/c23-16-1-2-17(18(24)6-16)21-27-26-19-10-25-11-20(28(19)21)29-12-22-7-13-3-14(8-22)5-15(4-13)9-22/h1-2,6,10-11,13-15H,3-5,7-9,12H2. The molecule has 0 N–H and O–H groups in total. The Bertz CT molecular complexity index is 1060. The molecule has 0 saturated heterocycles. The number of nitrogens with zero attached hydrogens (tertiary/aromatic N) is 4. The largest absolute Gasteiger partial charge is 0.477 e. The van der Waals surface area contributed by atoms with E-state index in [1.807, 2.05) is 10.5 Å². The molecule has 0 atom stereocenters. The second-order valence-electron chi connectivity index (χ2n) is 9.29. The van der Waals surface area contributed by atoms with Crippen molar-refractivity contribution >= 4 is 28.8 Å². The maximum atomic E-state index is 6.44. The minimum atomic E-state index is 0.322. The number of hydrogen-bond donors (Lipinski definition) is 0. The Kier molecular flexibility index (Phi) is 4.07. The molecule has 4 fully saturated rings. The molecule has 150 valence electrons. The highest BCUT2D eigenvalue weighted by molar-refractivity contribution is 6.36. The average Bonchev–Trinajstić information content (AvgIpc) is 3.10. The highest BCUT2D eigenvalue weighted by atomic mass is 35.5. The van der Waals surface area contributed by atoms with E-state index in [-0.39, 0.29) is 0 Å². The zero-order valence-electron chi connectivity index (χ0n) is 16.0. The van der Waals surface area contributed by atoms with Gasteiger partial charge in [-0.1, -0.05) is 23.2 Å². The van der Waals surface area contributed by atoms with Crippen LogP contribution < -0.4 is 4.74 Å². The molecule has 4 aliphatic carbocycles. The molecule has 7 rings (SSSR count). The van der Waals surface area contributed by atoms with E-state index in [1.165, 1.54) is 38.5 Å². The van der Waals surface area contributed by atoms with Crippen LogP contribution in [-0.2, 0) is 0 Å². The summed E-state index contributed by atoms with van der Waals surface area (Å²) in [5, 5.41) is 9.76. The van der Waals surface area contributed by atoms with Gasteiger partial charge in [0.15, 0.2) is 11.5 Å². The van der Waals surface area contributed by atoms with Gasteiger partial charge in [0, 0.05) is 16.0 Å². The van der Waals surface area contributed by atoms with Crippen LogP contribution in [0.5, 0.6) is 5.88 Å². The Labute approximate surface area is 179 Å². The molecule has 4 bridgehead atoms. The summed E-state index contributed by atoms with van der Waals surface area (Å²) >= 11 is 12.5. The van der Waals surface area contributed by atoms with Gasteiger partial charge in [0.1, 0.15) is 0 Å². The SMILES string of the molecule is Clc1ccc(-c2nnc3cncc(OCC45CC6CC(CC(C6)C4)C5)n23)c(Cl)c1. The van der Waals surface area contributed by atoms with Crippen LogP contribution in [0.2, 0.25) is 10.0 Å². The average molecular weight is 429 g/mol. The van der Waals surface area contributed by atoms with Gasteiger partial charge < -0.3 is 4.74 Å². The summed E-state index contributed by atoms with van der Waals surface area (Å²) in [5.41, 5.74) is 1.74. The van der Waals surface area contributed by atoms with Crippen LogP contribution in [-0.4, -0.2) is 26.2 Å². The Hall–Kier alpha value is -1.85. The van der Waals surface area contributed by atoms with Gasteiger partial charge in [-0.15, -0.1) is 10.2 Å². The number of halogens is 2. The molecule has 0 radical (unpaired) electrons. The summed E-state index contributed by atoms with van der Waals surface area (Å²) in [5.74, 6) is 4.01. The molecule has 1 aromatic carbocycles. The zero-order chi connectivity index (χ0) is 19.6. The first-order valence-electron chi connectivity index (χ1n) is 10.4. The van der Waals surface area contributed by atoms with E-state index in [2.05, 4.69) is 15.2 Å². The predicted octanol–water partition coefficient (Wildman–Crippen LogP) is 5.69. The predicted molar refractivity (Wildman–Crippen MR) is 112 cm³/mol. The van der Waals surface area contributed by atoms with E-state index in [0.717, 1.165) is 29.9 Å². The Morgan fingerprint density at radius 3 is 2.41 bits per heavy atom. The third-order valence-electron chi connectivity index (χ3n) is 7.15. The second kappa shape index (κ2) is 6.58. The van der Waals surface area contributed by atoms with Crippen molar-refractivity contribution < 1.29 is 4.74 Å². The lowest BCUT2D eigenvalue weighted by atomic mass is 9.50. The highest BCUT2D eigenvalue weighted by Crippen LogP contribution is 2.60. The lowest BCUT2D eigenvalue weighted by Gasteiger charge is -2.56. The van der Waals surface area contributed by atoms with Crippen molar-refractivity contribution in [3.05, 3.63) is 40.6 Å². The number of benzene rings is 1. The Morgan fingerprint density at radius 1 is 1.00 bits per heavy atom. The van der Waals surface area contributed by atoms with Crippen molar-refractivity contribution in [1.82, 2.24) is 19.6 Å². The van der Waals surface area contributed by atoms with E-state index in [1.54, 1.807) is 24.5 Å². The quantitative estimate of drug-likeness (QED) is 0.535. The van der Waals surface area contributed by atoms with Crippen LogP contribution in [0.15, 0.2) is 30.6 Å². The second-order valence-corrected chi connectivity index (χ2v) is 10.1. The molecule has 2 aromatic heterocycles. The van der Waals surface area contributed by atoms with Gasteiger partial charge in [-0.2, -0.15) is 0 Å². The minimum Gasteiger partial charge on any atom is -0.477 e. The van der Waals surface area contributed by atoms with Crippen LogP contribution in [0.3, 0.4) is 0 Å². The fourth-order valence-corrected chi connectivity index (χ4v) is 6.96. The van der Waals surface area contributed by atoms with E-state index in [4.69, 9.17) is 27.9 Å². The van der Waals surface area contributed by atoms with Crippen molar-refractivity contribution in [1.29, 1.82) is 0 Å². The Morgan fingerprint density at radius 2 is 1.72 bits per heavy atom. The van der Waals surface area contributed by atoms with Gasteiger partial charge in [0.25, 0.3) is 0 Å². The molecule has 29 heavy (non-hydrogen) atoms. The minimum absolute atomic E-state index is 0.322. The van der Waals surface area contributed by atoms with Crippen molar-refractivity contribution in [3.8, 4) is 17.3 Å². The normalized spacial score (nSPS) is 30.2. The van der Waals surface area contributed by atoms with Crippen LogP contribution >= 0.6 is 23.2 Å². The first-order valence-corrected chi connectivity index (χ1v) is 11.1. The zero-order valence-corrected chi connectivity index (χ0v) is 17.5. The van der Waals surface area contributed by atoms with Crippen molar-refractivity contribution in [2.75, 3.05) is 6.61 Å². The van der Waals surface area contributed by atoms with Crippen molar-refractivity contribution in [3.63, 3.8) is 0 Å². The monoisotopic (exact) mass is 428 g/mol. The molecule has 0 amide bonds. The lowest BCUT2D eigenvalue weighted by Crippen LogP contribution is -2.48. The summed E-state index contributed by atoms with van der Waals surface area (Å²) in [7, 11) is 0. The van der Waals surface area contributed by atoms with Gasteiger partial charge in [-0.25, -0.2) is 4.40 Å². The molecular formula is C22H22Cl2N4O. The smallest absolute Gasteiger partial charge is 0.220 e. The van der Waals surface area contributed by atoms with Gasteiger partial charge >= 0.3 is 0 Å². The topological polar surface area (TPSA) is 52.3 Å².